The highest BCUT2D eigenvalue weighted by Crippen LogP contribution is 2.43. The molecule has 0 spiro atoms. The van der Waals surface area contributed by atoms with Gasteiger partial charge in [0.25, 0.3) is 0 Å². The minimum atomic E-state index is -0.171. The van der Waals surface area contributed by atoms with E-state index in [1.54, 1.807) is 0 Å². The fourth-order valence-corrected chi connectivity index (χ4v) is 3.96. The number of amides is 2. The van der Waals surface area contributed by atoms with Crippen LogP contribution in [-0.4, -0.2) is 56.0 Å². The van der Waals surface area contributed by atoms with Crippen molar-refractivity contribution in [2.45, 2.75) is 26.0 Å². The van der Waals surface area contributed by atoms with Crippen molar-refractivity contribution in [2.75, 3.05) is 32.9 Å². The maximum Gasteiger partial charge on any atom is 0.317 e. The van der Waals surface area contributed by atoms with E-state index in [-0.39, 0.29) is 23.6 Å². The lowest BCUT2D eigenvalue weighted by atomic mass is 9.80. The summed E-state index contributed by atoms with van der Waals surface area (Å²) >= 11 is 0. The quantitative estimate of drug-likeness (QED) is 0.898. The Balaban J connectivity index is 1.34. The summed E-state index contributed by atoms with van der Waals surface area (Å²) in [5, 5.41) is 3.00. The molecule has 6 nitrogen and oxygen atoms in total. The van der Waals surface area contributed by atoms with Crippen LogP contribution in [-0.2, 0) is 4.74 Å². The van der Waals surface area contributed by atoms with Crippen molar-refractivity contribution in [3.63, 3.8) is 0 Å². The summed E-state index contributed by atoms with van der Waals surface area (Å²) < 4.78 is 17.2. The van der Waals surface area contributed by atoms with Crippen molar-refractivity contribution in [1.82, 2.24) is 10.2 Å². The van der Waals surface area contributed by atoms with Crippen molar-refractivity contribution in [1.29, 1.82) is 0 Å². The van der Waals surface area contributed by atoms with E-state index in [0.29, 0.717) is 25.7 Å². The van der Waals surface area contributed by atoms with Crippen LogP contribution in [0, 0.1) is 11.3 Å². The van der Waals surface area contributed by atoms with Gasteiger partial charge in [0.1, 0.15) is 6.61 Å². The van der Waals surface area contributed by atoms with Gasteiger partial charge >= 0.3 is 6.03 Å². The molecule has 2 fully saturated rings. The lowest BCUT2D eigenvalue weighted by Gasteiger charge is -2.28. The normalized spacial score (nSPS) is 30.1. The average Bonchev–Trinajstić information content (AvgIpc) is 3.16. The van der Waals surface area contributed by atoms with Crippen LogP contribution in [0.1, 0.15) is 13.8 Å². The van der Waals surface area contributed by atoms with Gasteiger partial charge < -0.3 is 24.4 Å². The van der Waals surface area contributed by atoms with Crippen LogP contribution in [0.15, 0.2) is 24.3 Å². The number of hydrogen-bond acceptors (Lipinski definition) is 4. The number of benzene rings is 1. The molecule has 0 bridgehead atoms. The molecular formula is C18H24N2O4. The topological polar surface area (TPSA) is 60.0 Å². The summed E-state index contributed by atoms with van der Waals surface area (Å²) in [6, 6.07) is 7.74. The molecule has 3 heterocycles. The largest absolute Gasteiger partial charge is 0.486 e. The highest BCUT2D eigenvalue weighted by atomic mass is 16.6. The number of ether oxygens (including phenoxy) is 3. The summed E-state index contributed by atoms with van der Waals surface area (Å²) in [5.74, 6) is 1.91. The predicted molar refractivity (Wildman–Crippen MR) is 88.3 cm³/mol. The third kappa shape index (κ3) is 2.69. The zero-order valence-electron chi connectivity index (χ0n) is 14.2. The van der Waals surface area contributed by atoms with E-state index in [2.05, 4.69) is 19.2 Å². The first kappa shape index (κ1) is 15.6. The highest BCUT2D eigenvalue weighted by molar-refractivity contribution is 5.75. The van der Waals surface area contributed by atoms with Crippen LogP contribution < -0.4 is 14.8 Å². The van der Waals surface area contributed by atoms with E-state index in [1.165, 1.54) is 0 Å². The fraction of sp³-hybridized carbons (Fsp3) is 0.611. The Hall–Kier alpha value is -1.95. The monoisotopic (exact) mass is 332 g/mol. The summed E-state index contributed by atoms with van der Waals surface area (Å²) in [6.45, 7) is 7.45. The number of hydrogen-bond donors (Lipinski definition) is 1. The number of para-hydroxylation sites is 2. The first-order valence-corrected chi connectivity index (χ1v) is 8.55. The molecule has 1 aromatic carbocycles. The molecule has 130 valence electrons. The van der Waals surface area contributed by atoms with E-state index in [4.69, 9.17) is 14.2 Å². The minimum absolute atomic E-state index is 0.0384. The van der Waals surface area contributed by atoms with Crippen LogP contribution in [0.2, 0.25) is 0 Å². The number of rotatable bonds is 2. The molecule has 3 aliphatic heterocycles. The molecule has 0 aliphatic carbocycles. The summed E-state index contributed by atoms with van der Waals surface area (Å²) in [6.07, 6.45) is -0.171. The highest BCUT2D eigenvalue weighted by Gasteiger charge is 2.51. The number of carbonyl (C=O) groups excluding carboxylic acids is 1. The Morgan fingerprint density at radius 2 is 2.04 bits per heavy atom. The standard InChI is InChI=1S/C18H24N2O4/c1-18(2)11-20(14-10-22-9-13(14)18)17(21)19-7-12-8-23-15-5-3-4-6-16(15)24-12/h3-6,12-14H,7-11H2,1-2H3,(H,19,21)/t12?,13-,14+/m0/s1. The van der Waals surface area contributed by atoms with Crippen LogP contribution in [0.25, 0.3) is 0 Å². The van der Waals surface area contributed by atoms with E-state index in [0.717, 1.165) is 24.7 Å². The molecular weight excluding hydrogens is 308 g/mol. The Labute approximate surface area is 142 Å². The number of nitrogens with one attached hydrogen (secondary N) is 1. The molecule has 1 aromatic rings. The fourth-order valence-electron chi connectivity index (χ4n) is 3.96. The zero-order valence-corrected chi connectivity index (χ0v) is 14.2. The first-order chi connectivity index (χ1) is 11.5. The van der Waals surface area contributed by atoms with Crippen molar-refractivity contribution < 1.29 is 19.0 Å². The van der Waals surface area contributed by atoms with Crippen LogP contribution in [0.3, 0.4) is 0 Å². The number of carbonyl (C=O) groups is 1. The Kier molecular flexibility index (Phi) is 3.79. The molecule has 1 N–H and O–H groups in total. The maximum absolute atomic E-state index is 12.6. The van der Waals surface area contributed by atoms with Gasteiger partial charge in [-0.25, -0.2) is 4.79 Å². The number of urea groups is 1. The summed E-state index contributed by atoms with van der Waals surface area (Å²) in [7, 11) is 0. The van der Waals surface area contributed by atoms with Gasteiger partial charge in [-0.1, -0.05) is 26.0 Å². The smallest absolute Gasteiger partial charge is 0.317 e. The maximum atomic E-state index is 12.6. The van der Waals surface area contributed by atoms with Crippen LogP contribution in [0.4, 0.5) is 4.79 Å². The molecule has 0 radical (unpaired) electrons. The third-order valence-corrected chi connectivity index (χ3v) is 5.34. The Morgan fingerprint density at radius 1 is 1.25 bits per heavy atom. The molecule has 2 saturated heterocycles. The van der Waals surface area contributed by atoms with Gasteiger partial charge in [0.05, 0.1) is 25.8 Å². The molecule has 3 aliphatic rings. The molecule has 2 amide bonds. The molecule has 1 unspecified atom stereocenters. The van der Waals surface area contributed by atoms with E-state index in [1.807, 2.05) is 29.2 Å². The Bertz CT molecular complexity index is 633. The van der Waals surface area contributed by atoms with Gasteiger partial charge in [0, 0.05) is 12.5 Å². The van der Waals surface area contributed by atoms with Gasteiger partial charge in [-0.3, -0.25) is 0 Å². The Morgan fingerprint density at radius 3 is 2.88 bits per heavy atom. The minimum Gasteiger partial charge on any atom is -0.486 e. The molecule has 4 rings (SSSR count). The van der Waals surface area contributed by atoms with Gasteiger partial charge in [-0.15, -0.1) is 0 Å². The van der Waals surface area contributed by atoms with Gasteiger partial charge in [0.2, 0.25) is 0 Å². The second-order valence-corrected chi connectivity index (χ2v) is 7.51. The van der Waals surface area contributed by atoms with E-state index >= 15 is 0 Å². The van der Waals surface area contributed by atoms with Gasteiger partial charge in [-0.2, -0.15) is 0 Å². The van der Waals surface area contributed by atoms with Crippen LogP contribution >= 0.6 is 0 Å². The predicted octanol–water partition coefficient (Wildman–Crippen LogP) is 1.89. The van der Waals surface area contributed by atoms with Crippen molar-refractivity contribution in [3.05, 3.63) is 24.3 Å². The number of fused-ring (bicyclic) bond motifs is 2. The zero-order chi connectivity index (χ0) is 16.7. The van der Waals surface area contributed by atoms with E-state index < -0.39 is 0 Å². The lowest BCUT2D eigenvalue weighted by Crippen LogP contribution is -2.48. The molecule has 6 heteroatoms. The SMILES string of the molecule is CC1(C)CN(C(=O)NCC2COc3ccccc3O2)[C@@H]2COC[C@@H]21. The van der Waals surface area contributed by atoms with Crippen molar-refractivity contribution in [2.24, 2.45) is 11.3 Å². The molecule has 24 heavy (non-hydrogen) atoms. The first-order valence-electron chi connectivity index (χ1n) is 8.55. The van der Waals surface area contributed by atoms with Crippen molar-refractivity contribution in [3.8, 4) is 11.5 Å². The number of nitrogens with zero attached hydrogens (tertiary/aromatic N) is 1. The average molecular weight is 332 g/mol. The third-order valence-electron chi connectivity index (χ3n) is 5.34. The molecule has 3 atom stereocenters. The second kappa shape index (κ2) is 5.84. The molecule has 0 saturated carbocycles. The second-order valence-electron chi connectivity index (χ2n) is 7.51. The van der Waals surface area contributed by atoms with Gasteiger partial charge in [0.15, 0.2) is 17.6 Å². The summed E-state index contributed by atoms with van der Waals surface area (Å²) in [4.78, 5) is 14.6. The lowest BCUT2D eigenvalue weighted by molar-refractivity contribution is 0.0884. The van der Waals surface area contributed by atoms with E-state index in [9.17, 15) is 4.79 Å². The van der Waals surface area contributed by atoms with Gasteiger partial charge in [-0.05, 0) is 17.5 Å². The van der Waals surface area contributed by atoms with Crippen LogP contribution in [0.5, 0.6) is 11.5 Å². The summed E-state index contributed by atoms with van der Waals surface area (Å²) in [5.41, 5.74) is 0.0991. The van der Waals surface area contributed by atoms with Crippen molar-refractivity contribution >= 4 is 6.03 Å². The number of likely N-dealkylation sites (tertiary alicyclic amines) is 1. The molecule has 0 aromatic heterocycles.